The van der Waals surface area contributed by atoms with E-state index in [0.29, 0.717) is 10.4 Å². The number of alkyl halides is 3. The normalized spacial score (nSPS) is 14.9. The quantitative estimate of drug-likeness (QED) is 0.237. The lowest BCUT2D eigenvalue weighted by atomic mass is 9.95. The van der Waals surface area contributed by atoms with Gasteiger partial charge in [-0.2, -0.15) is 13.2 Å². The van der Waals surface area contributed by atoms with Crippen molar-refractivity contribution in [1.29, 1.82) is 0 Å². The van der Waals surface area contributed by atoms with E-state index < -0.39 is 45.3 Å². The predicted molar refractivity (Wildman–Crippen MR) is 168 cm³/mol. The molecule has 3 aromatic carbocycles. The zero-order valence-corrected chi connectivity index (χ0v) is 26.8. The second-order valence-corrected chi connectivity index (χ2v) is 13.5. The molecule has 0 saturated heterocycles. The summed E-state index contributed by atoms with van der Waals surface area (Å²) < 4.78 is 70.0. The van der Waals surface area contributed by atoms with E-state index in [4.69, 9.17) is 11.6 Å². The fourth-order valence-corrected chi connectivity index (χ4v) is 7.26. The molecule has 0 radical (unpaired) electrons. The molecular weight excluding hydrogens is 627 g/mol. The van der Waals surface area contributed by atoms with Crippen LogP contribution in [0.3, 0.4) is 0 Å². The summed E-state index contributed by atoms with van der Waals surface area (Å²) in [5.41, 5.74) is 0.0146. The van der Waals surface area contributed by atoms with Gasteiger partial charge in [-0.15, -0.1) is 0 Å². The van der Waals surface area contributed by atoms with Crippen molar-refractivity contribution in [2.45, 2.75) is 82.1 Å². The Balaban J connectivity index is 1.76. The van der Waals surface area contributed by atoms with Crippen molar-refractivity contribution in [3.8, 4) is 0 Å². The van der Waals surface area contributed by atoms with Crippen molar-refractivity contribution in [2.75, 3.05) is 10.8 Å². The number of sulfonamides is 1. The van der Waals surface area contributed by atoms with Crippen LogP contribution < -0.4 is 9.62 Å². The Kier molecular flexibility index (Phi) is 11.2. The second-order valence-electron chi connectivity index (χ2n) is 11.3. The van der Waals surface area contributed by atoms with Gasteiger partial charge in [-0.25, -0.2) is 8.42 Å². The Morgan fingerprint density at radius 3 is 2.29 bits per heavy atom. The molecule has 3 aromatic rings. The van der Waals surface area contributed by atoms with Gasteiger partial charge in [0.25, 0.3) is 10.0 Å². The summed E-state index contributed by atoms with van der Waals surface area (Å²) in [7, 11) is -4.54. The van der Waals surface area contributed by atoms with Crippen LogP contribution in [0.15, 0.2) is 77.7 Å². The van der Waals surface area contributed by atoms with Crippen molar-refractivity contribution in [1.82, 2.24) is 10.2 Å². The van der Waals surface area contributed by atoms with Gasteiger partial charge >= 0.3 is 6.18 Å². The Morgan fingerprint density at radius 2 is 1.67 bits per heavy atom. The molecule has 1 atom stereocenters. The molecule has 7 nitrogen and oxygen atoms in total. The lowest BCUT2D eigenvalue weighted by Gasteiger charge is -2.34. The Labute approximate surface area is 267 Å². The Bertz CT molecular complexity index is 1600. The Hall–Kier alpha value is -3.57. The molecule has 0 spiro atoms. The largest absolute Gasteiger partial charge is 0.417 e. The third-order valence-electron chi connectivity index (χ3n) is 7.93. The number of hydrogen-bond donors (Lipinski definition) is 1. The van der Waals surface area contributed by atoms with Crippen LogP contribution in [0.25, 0.3) is 0 Å². The van der Waals surface area contributed by atoms with Crippen LogP contribution in [0.2, 0.25) is 5.02 Å². The van der Waals surface area contributed by atoms with Crippen LogP contribution in [0, 0.1) is 6.92 Å². The van der Waals surface area contributed by atoms with Crippen LogP contribution >= 0.6 is 11.6 Å². The molecule has 0 aromatic heterocycles. The minimum atomic E-state index is -4.87. The molecule has 1 saturated carbocycles. The maximum atomic E-state index is 14.2. The molecule has 0 heterocycles. The Morgan fingerprint density at radius 1 is 0.978 bits per heavy atom. The summed E-state index contributed by atoms with van der Waals surface area (Å²) in [4.78, 5) is 29.0. The molecule has 242 valence electrons. The third-order valence-corrected chi connectivity index (χ3v) is 10.0. The van der Waals surface area contributed by atoms with E-state index in [-0.39, 0.29) is 35.5 Å². The molecular formula is C33H37ClF3N3O4S. The molecule has 2 amide bonds. The number of nitrogens with zero attached hydrogens (tertiary/aromatic N) is 2. The van der Waals surface area contributed by atoms with Crippen LogP contribution in [0.1, 0.15) is 62.1 Å². The number of hydrogen-bond acceptors (Lipinski definition) is 4. The molecule has 12 heteroatoms. The summed E-state index contributed by atoms with van der Waals surface area (Å²) in [6.45, 7) is 2.78. The van der Waals surface area contributed by atoms with Crippen LogP contribution in [-0.4, -0.2) is 43.8 Å². The van der Waals surface area contributed by atoms with Gasteiger partial charge in [0.05, 0.1) is 21.2 Å². The zero-order chi connectivity index (χ0) is 32.8. The van der Waals surface area contributed by atoms with E-state index in [2.05, 4.69) is 5.32 Å². The maximum absolute atomic E-state index is 14.2. The average molecular weight is 664 g/mol. The van der Waals surface area contributed by atoms with Gasteiger partial charge in [0.1, 0.15) is 12.6 Å². The third kappa shape index (κ3) is 8.58. The first-order valence-corrected chi connectivity index (χ1v) is 16.7. The number of nitrogens with one attached hydrogen (secondary N) is 1. The summed E-state index contributed by atoms with van der Waals surface area (Å²) in [6, 6.07) is 16.2. The average Bonchev–Trinajstić information content (AvgIpc) is 3.00. The number of carbonyl (C=O) groups is 2. The zero-order valence-electron chi connectivity index (χ0n) is 25.2. The molecule has 0 bridgehead atoms. The molecule has 4 rings (SSSR count). The minimum Gasteiger partial charge on any atom is -0.352 e. The number of carbonyl (C=O) groups excluding carboxylic acids is 2. The predicted octanol–water partition coefficient (Wildman–Crippen LogP) is 7.12. The van der Waals surface area contributed by atoms with E-state index in [1.54, 1.807) is 19.1 Å². The van der Waals surface area contributed by atoms with Gasteiger partial charge in [-0.1, -0.05) is 85.8 Å². The number of aryl methyl sites for hydroxylation is 1. The van der Waals surface area contributed by atoms with Gasteiger partial charge in [0.15, 0.2) is 0 Å². The molecule has 1 N–H and O–H groups in total. The number of anilines is 1. The molecule has 1 aliphatic carbocycles. The summed E-state index contributed by atoms with van der Waals surface area (Å²) in [5, 5.41) is 2.46. The molecule has 1 aliphatic rings. The second kappa shape index (κ2) is 14.7. The van der Waals surface area contributed by atoms with Gasteiger partial charge in [-0.05, 0) is 62.1 Å². The lowest BCUT2D eigenvalue weighted by molar-refractivity contribution is -0.140. The highest BCUT2D eigenvalue weighted by atomic mass is 35.5. The number of amides is 2. The fourth-order valence-electron chi connectivity index (χ4n) is 5.61. The van der Waals surface area contributed by atoms with Gasteiger partial charge in [0.2, 0.25) is 11.8 Å². The van der Waals surface area contributed by atoms with Gasteiger partial charge in [-0.3, -0.25) is 13.9 Å². The molecule has 1 fully saturated rings. The van der Waals surface area contributed by atoms with E-state index in [1.165, 1.54) is 29.2 Å². The maximum Gasteiger partial charge on any atom is 0.417 e. The van der Waals surface area contributed by atoms with Crippen LogP contribution in [0.5, 0.6) is 0 Å². The summed E-state index contributed by atoms with van der Waals surface area (Å²) in [5.74, 6) is -1.10. The smallest absolute Gasteiger partial charge is 0.352 e. The minimum absolute atomic E-state index is 0.00918. The van der Waals surface area contributed by atoms with Crippen molar-refractivity contribution in [2.24, 2.45) is 0 Å². The number of benzene rings is 3. The highest BCUT2D eigenvalue weighted by Crippen LogP contribution is 2.38. The summed E-state index contributed by atoms with van der Waals surface area (Å²) >= 11 is 5.84. The number of halogens is 4. The van der Waals surface area contributed by atoms with E-state index in [9.17, 15) is 31.2 Å². The topological polar surface area (TPSA) is 86.8 Å². The molecule has 1 unspecified atom stereocenters. The van der Waals surface area contributed by atoms with Crippen molar-refractivity contribution in [3.63, 3.8) is 0 Å². The molecule has 45 heavy (non-hydrogen) atoms. The summed E-state index contributed by atoms with van der Waals surface area (Å²) in [6.07, 6.45) is 0.0854. The van der Waals surface area contributed by atoms with Gasteiger partial charge in [0, 0.05) is 12.6 Å². The van der Waals surface area contributed by atoms with E-state index in [1.807, 2.05) is 25.1 Å². The lowest BCUT2D eigenvalue weighted by Crippen LogP contribution is -2.54. The van der Waals surface area contributed by atoms with E-state index in [0.717, 1.165) is 55.4 Å². The monoisotopic (exact) mass is 663 g/mol. The highest BCUT2D eigenvalue weighted by molar-refractivity contribution is 7.92. The number of rotatable bonds is 11. The van der Waals surface area contributed by atoms with Crippen molar-refractivity contribution >= 4 is 39.1 Å². The highest BCUT2D eigenvalue weighted by Gasteiger charge is 2.37. The van der Waals surface area contributed by atoms with Crippen molar-refractivity contribution in [3.05, 3.63) is 94.5 Å². The first-order valence-electron chi connectivity index (χ1n) is 14.9. The fraction of sp³-hybridized carbons (Fsp3) is 0.394. The standard InChI is InChI=1S/C33H37ClF3N3O4S/c1-3-30(32(42)38-25-13-6-4-7-14-25)39(21-24-12-10-11-23(2)19-24)31(41)22-40(45(43,44)27-15-8-5-9-16-27)26-17-18-29(34)28(20-26)33(35,36)37/h5,8-12,15-20,25,30H,3-4,6-7,13-14,21-22H2,1-2H3,(H,38,42). The van der Waals surface area contributed by atoms with Crippen LogP contribution in [-0.2, 0) is 32.3 Å². The van der Waals surface area contributed by atoms with Gasteiger partial charge < -0.3 is 10.2 Å². The first-order chi connectivity index (χ1) is 21.3. The molecule has 0 aliphatic heterocycles. The van der Waals surface area contributed by atoms with E-state index >= 15 is 0 Å². The van der Waals surface area contributed by atoms with Crippen LogP contribution in [0.4, 0.5) is 18.9 Å². The van der Waals surface area contributed by atoms with Crippen molar-refractivity contribution < 1.29 is 31.2 Å². The first kappa shape index (κ1) is 34.3. The SMILES string of the molecule is CCC(C(=O)NC1CCCCC1)N(Cc1cccc(C)c1)C(=O)CN(c1ccc(Cl)c(C(F)(F)F)c1)S(=O)(=O)c1ccccc1.